The topological polar surface area (TPSA) is 67.1 Å². The molecule has 1 rings (SSSR count). The number of hydrogen-bond acceptors (Lipinski definition) is 2. The molecule has 0 aliphatic rings. The van der Waals surface area contributed by atoms with Gasteiger partial charge in [-0.25, -0.2) is 4.79 Å². The monoisotopic (exact) mass is 277 g/mol. The van der Waals surface area contributed by atoms with Gasteiger partial charge in [0.05, 0.1) is 11.5 Å². The molecule has 86 valence electrons. The first kappa shape index (κ1) is 13.0. The van der Waals surface area contributed by atoms with Crippen molar-refractivity contribution in [3.05, 3.63) is 28.2 Å². The Bertz CT molecular complexity index is 405. The third-order valence-electron chi connectivity index (χ3n) is 1.54. The lowest BCUT2D eigenvalue weighted by Gasteiger charge is -2.07. The molecule has 0 spiro atoms. The molecule has 16 heavy (non-hydrogen) atoms. The van der Waals surface area contributed by atoms with E-state index in [9.17, 15) is 4.79 Å². The molecule has 0 atom stereocenters. The number of nitrogens with two attached hydrogens (primary N) is 1. The second kappa shape index (κ2) is 5.89. The molecular weight excluding hydrogens is 269 g/mol. The maximum Gasteiger partial charge on any atom is 0.319 e. The summed E-state index contributed by atoms with van der Waals surface area (Å²) in [4.78, 5) is 11.5. The Morgan fingerprint density at radius 2 is 1.88 bits per heavy atom. The molecule has 0 saturated carbocycles. The average Bonchev–Trinajstić information content (AvgIpc) is 2.12. The summed E-state index contributed by atoms with van der Waals surface area (Å²) in [6.45, 7) is 0.134. The molecule has 0 aliphatic heterocycles. The fourth-order valence-electron chi connectivity index (χ4n) is 0.969. The van der Waals surface area contributed by atoms with Crippen molar-refractivity contribution in [2.45, 2.75) is 0 Å². The molecule has 0 radical (unpaired) electrons. The van der Waals surface area contributed by atoms with Gasteiger partial charge in [-0.1, -0.05) is 35.4 Å². The highest BCUT2D eigenvalue weighted by Gasteiger charge is 2.03. The van der Waals surface area contributed by atoms with Crippen LogP contribution in [0.3, 0.4) is 0 Å². The van der Waals surface area contributed by atoms with E-state index in [4.69, 9.17) is 28.9 Å². The van der Waals surface area contributed by atoms with E-state index in [1.54, 1.807) is 18.2 Å². The number of benzene rings is 1. The fraction of sp³-hybridized carbons (Fsp3) is 0.111. The number of carbonyl (C=O) groups is 1. The number of hydrogen-bond donors (Lipinski definition) is 3. The molecule has 4 nitrogen and oxygen atoms in total. The zero-order valence-corrected chi connectivity index (χ0v) is 10.4. The number of amides is 2. The van der Waals surface area contributed by atoms with Gasteiger partial charge in [0.15, 0.2) is 0 Å². The summed E-state index contributed by atoms with van der Waals surface area (Å²) >= 11 is 16.1. The molecule has 0 saturated heterocycles. The highest BCUT2D eigenvalue weighted by molar-refractivity contribution is 7.80. The van der Waals surface area contributed by atoms with Gasteiger partial charge in [0.1, 0.15) is 0 Å². The van der Waals surface area contributed by atoms with Crippen molar-refractivity contribution in [3.63, 3.8) is 0 Å². The highest BCUT2D eigenvalue weighted by Crippen LogP contribution is 2.22. The van der Waals surface area contributed by atoms with E-state index in [0.29, 0.717) is 15.7 Å². The van der Waals surface area contributed by atoms with Crippen molar-refractivity contribution >= 4 is 52.1 Å². The molecule has 7 heteroatoms. The van der Waals surface area contributed by atoms with Gasteiger partial charge in [-0.3, -0.25) is 0 Å². The van der Waals surface area contributed by atoms with Crippen LogP contribution in [-0.4, -0.2) is 17.6 Å². The first-order valence-electron chi connectivity index (χ1n) is 4.26. The van der Waals surface area contributed by atoms with Crippen molar-refractivity contribution in [1.29, 1.82) is 0 Å². The molecule has 0 aromatic heterocycles. The summed E-state index contributed by atoms with van der Waals surface area (Å²) in [7, 11) is 0. The molecule has 0 fully saturated rings. The molecule has 0 unspecified atom stereocenters. The van der Waals surface area contributed by atoms with Crippen LogP contribution in [0, 0.1) is 0 Å². The Labute approximate surface area is 108 Å². The largest absolute Gasteiger partial charge is 0.392 e. The Kier molecular flexibility index (Phi) is 4.79. The second-order valence-corrected chi connectivity index (χ2v) is 4.33. The number of rotatable bonds is 3. The number of thiocarbonyl (C=S) groups is 1. The lowest BCUT2D eigenvalue weighted by molar-refractivity contribution is 0.253. The van der Waals surface area contributed by atoms with Crippen molar-refractivity contribution in [1.82, 2.24) is 5.32 Å². The first-order valence-corrected chi connectivity index (χ1v) is 5.43. The van der Waals surface area contributed by atoms with Gasteiger partial charge in [0.2, 0.25) is 0 Å². The van der Waals surface area contributed by atoms with Gasteiger partial charge in [-0.2, -0.15) is 0 Å². The maximum absolute atomic E-state index is 11.3. The third-order valence-corrected chi connectivity index (χ3v) is 2.12. The number of anilines is 1. The van der Waals surface area contributed by atoms with E-state index < -0.39 is 6.03 Å². The van der Waals surface area contributed by atoms with Crippen molar-refractivity contribution in [2.24, 2.45) is 5.73 Å². The van der Waals surface area contributed by atoms with Crippen LogP contribution in [0.4, 0.5) is 10.5 Å². The number of carbonyl (C=O) groups excluding carboxylic acids is 1. The quantitative estimate of drug-likeness (QED) is 0.744. The molecule has 4 N–H and O–H groups in total. The molecule has 2 amide bonds. The van der Waals surface area contributed by atoms with Gasteiger partial charge in [0, 0.05) is 15.7 Å². The van der Waals surface area contributed by atoms with Crippen LogP contribution in [0.25, 0.3) is 0 Å². The van der Waals surface area contributed by atoms with E-state index >= 15 is 0 Å². The molecule has 0 aliphatic carbocycles. The summed E-state index contributed by atoms with van der Waals surface area (Å²) < 4.78 is 0. The van der Waals surface area contributed by atoms with E-state index in [-0.39, 0.29) is 11.5 Å². The van der Waals surface area contributed by atoms with Gasteiger partial charge in [-0.05, 0) is 18.2 Å². The zero-order valence-electron chi connectivity index (χ0n) is 8.09. The minimum absolute atomic E-state index is 0.134. The first-order chi connectivity index (χ1) is 7.47. The third kappa shape index (κ3) is 4.65. The van der Waals surface area contributed by atoms with Crippen LogP contribution >= 0.6 is 35.4 Å². The Morgan fingerprint density at radius 3 is 2.38 bits per heavy atom. The summed E-state index contributed by atoms with van der Waals surface area (Å²) in [6, 6.07) is 4.30. The van der Waals surface area contributed by atoms with Crippen molar-refractivity contribution in [2.75, 3.05) is 11.9 Å². The van der Waals surface area contributed by atoms with Gasteiger partial charge in [0.25, 0.3) is 0 Å². The van der Waals surface area contributed by atoms with Crippen LogP contribution in [0.15, 0.2) is 18.2 Å². The second-order valence-electron chi connectivity index (χ2n) is 2.93. The smallest absolute Gasteiger partial charge is 0.319 e. The number of nitrogens with one attached hydrogen (secondary N) is 2. The molecular formula is C9H9Cl2N3OS. The predicted octanol–water partition coefficient (Wildman–Crippen LogP) is 2.40. The van der Waals surface area contributed by atoms with Crippen LogP contribution in [0.5, 0.6) is 0 Å². The molecule has 1 aromatic rings. The molecule has 0 heterocycles. The lowest BCUT2D eigenvalue weighted by Crippen LogP contribution is -2.35. The minimum Gasteiger partial charge on any atom is -0.392 e. The summed E-state index contributed by atoms with van der Waals surface area (Å²) in [5, 5.41) is 5.90. The van der Waals surface area contributed by atoms with E-state index in [0.717, 1.165) is 0 Å². The normalized spacial score (nSPS) is 9.62. The average molecular weight is 278 g/mol. The summed E-state index contributed by atoms with van der Waals surface area (Å²) in [6.07, 6.45) is 0. The standard InChI is InChI=1S/C9H9Cl2N3OS/c10-5-1-6(11)3-7(2-5)14-9(15)13-4-8(12)16/h1-3H,4H2,(H2,12,16)(H2,13,14,15). The van der Waals surface area contributed by atoms with Crippen LogP contribution < -0.4 is 16.4 Å². The fourth-order valence-corrected chi connectivity index (χ4v) is 1.57. The minimum atomic E-state index is -0.425. The zero-order chi connectivity index (χ0) is 12.1. The Hall–Kier alpha value is -1.04. The van der Waals surface area contributed by atoms with E-state index in [2.05, 4.69) is 22.9 Å². The van der Waals surface area contributed by atoms with E-state index in [1.807, 2.05) is 0 Å². The van der Waals surface area contributed by atoms with Crippen molar-refractivity contribution < 1.29 is 4.79 Å². The number of halogens is 2. The predicted molar refractivity (Wildman–Crippen MR) is 70.3 cm³/mol. The number of urea groups is 1. The van der Waals surface area contributed by atoms with Crippen molar-refractivity contribution in [3.8, 4) is 0 Å². The maximum atomic E-state index is 11.3. The molecule has 1 aromatic carbocycles. The SMILES string of the molecule is NC(=S)CNC(=O)Nc1cc(Cl)cc(Cl)c1. The van der Waals surface area contributed by atoms with Crippen LogP contribution in [-0.2, 0) is 0 Å². The lowest BCUT2D eigenvalue weighted by atomic mass is 10.3. The highest BCUT2D eigenvalue weighted by atomic mass is 35.5. The van der Waals surface area contributed by atoms with Gasteiger partial charge < -0.3 is 16.4 Å². The van der Waals surface area contributed by atoms with E-state index in [1.165, 1.54) is 0 Å². The van der Waals surface area contributed by atoms with Crippen LogP contribution in [0.1, 0.15) is 0 Å². The van der Waals surface area contributed by atoms with Crippen LogP contribution in [0.2, 0.25) is 10.0 Å². The van der Waals surface area contributed by atoms with Gasteiger partial charge >= 0.3 is 6.03 Å². The Morgan fingerprint density at radius 1 is 1.31 bits per heavy atom. The summed E-state index contributed by atoms with van der Waals surface area (Å²) in [5.41, 5.74) is 5.73. The van der Waals surface area contributed by atoms with Gasteiger partial charge in [-0.15, -0.1) is 0 Å². The molecule has 0 bridgehead atoms. The Balaban J connectivity index is 2.59. The summed E-state index contributed by atoms with van der Waals surface area (Å²) in [5.74, 6) is 0.